The third-order valence-corrected chi connectivity index (χ3v) is 6.32. The van der Waals surface area contributed by atoms with Crippen LogP contribution in [0, 0.1) is 0 Å². The second kappa shape index (κ2) is 8.65. The lowest BCUT2D eigenvalue weighted by Gasteiger charge is -2.29. The summed E-state index contributed by atoms with van der Waals surface area (Å²) >= 11 is 0. The van der Waals surface area contributed by atoms with E-state index in [2.05, 4.69) is 23.7 Å². The van der Waals surface area contributed by atoms with Gasteiger partial charge in [0.15, 0.2) is 9.84 Å². The van der Waals surface area contributed by atoms with Crippen LogP contribution in [0.1, 0.15) is 50.4 Å². The second-order valence-electron chi connectivity index (χ2n) is 6.57. The molecule has 1 saturated heterocycles. The molecule has 2 rings (SSSR count). The number of pyridine rings is 1. The number of amides is 1. The van der Waals surface area contributed by atoms with Gasteiger partial charge in [0.1, 0.15) is 0 Å². The molecular weight excluding hydrogens is 338 g/mol. The van der Waals surface area contributed by atoms with Gasteiger partial charge in [-0.25, -0.2) is 8.42 Å². The third-order valence-electron chi connectivity index (χ3n) is 4.57. The Morgan fingerprint density at radius 2 is 1.88 bits per heavy atom. The van der Waals surface area contributed by atoms with Gasteiger partial charge in [0.2, 0.25) is 0 Å². The first kappa shape index (κ1) is 19.7. The summed E-state index contributed by atoms with van der Waals surface area (Å²) < 4.78 is 23.6. The van der Waals surface area contributed by atoms with Gasteiger partial charge in [-0.3, -0.25) is 9.78 Å². The highest BCUT2D eigenvalue weighted by molar-refractivity contribution is 7.91. The molecule has 1 aromatic heterocycles. The van der Waals surface area contributed by atoms with Gasteiger partial charge in [-0.05, 0) is 32.3 Å². The summed E-state index contributed by atoms with van der Waals surface area (Å²) in [5.41, 5.74) is 1.39. The quantitative estimate of drug-likeness (QED) is 0.705. The maximum absolute atomic E-state index is 12.8. The lowest BCUT2D eigenvalue weighted by atomic mass is 10.1. The zero-order valence-electron chi connectivity index (χ0n) is 15.4. The summed E-state index contributed by atoms with van der Waals surface area (Å²) in [4.78, 5) is 20.9. The van der Waals surface area contributed by atoms with Crippen molar-refractivity contribution in [3.05, 3.63) is 24.0 Å². The minimum Gasteiger partial charge on any atom is -0.367 e. The molecule has 0 aromatic carbocycles. The van der Waals surface area contributed by atoms with Crippen molar-refractivity contribution in [1.82, 2.24) is 9.88 Å². The van der Waals surface area contributed by atoms with Crippen LogP contribution in [0.2, 0.25) is 0 Å². The monoisotopic (exact) mass is 367 g/mol. The van der Waals surface area contributed by atoms with E-state index in [-0.39, 0.29) is 23.5 Å². The fraction of sp³-hybridized carbons (Fsp3) is 0.667. The van der Waals surface area contributed by atoms with E-state index in [0.717, 1.165) is 31.6 Å². The van der Waals surface area contributed by atoms with Gasteiger partial charge < -0.3 is 9.80 Å². The highest BCUT2D eigenvalue weighted by Crippen LogP contribution is 2.24. The van der Waals surface area contributed by atoms with Crippen molar-refractivity contribution in [3.8, 4) is 0 Å². The molecule has 1 aliphatic rings. The number of hydrogen-bond donors (Lipinski definition) is 0. The smallest absolute Gasteiger partial charge is 0.255 e. The number of aromatic nitrogens is 1. The van der Waals surface area contributed by atoms with Gasteiger partial charge in [-0.1, -0.05) is 13.8 Å². The van der Waals surface area contributed by atoms with Gasteiger partial charge in [0.25, 0.3) is 5.91 Å². The zero-order valence-corrected chi connectivity index (χ0v) is 16.3. The molecule has 1 aliphatic heterocycles. The summed E-state index contributed by atoms with van der Waals surface area (Å²) in [5, 5.41) is 0. The van der Waals surface area contributed by atoms with Gasteiger partial charge in [0.05, 0.1) is 29.0 Å². The number of sulfone groups is 1. The third kappa shape index (κ3) is 4.93. The van der Waals surface area contributed by atoms with E-state index in [1.165, 1.54) is 0 Å². The standard InChI is InChI=1S/C18H29N3O3S/c1-4-8-20(9-5-2)18(22)15-11-17(13-19-12-15)21(6-3)16-7-10-25(23,24)14-16/h11-13,16H,4-10,14H2,1-3H3. The maximum Gasteiger partial charge on any atom is 0.255 e. The van der Waals surface area contributed by atoms with Crippen LogP contribution >= 0.6 is 0 Å². The number of hydrogen-bond acceptors (Lipinski definition) is 5. The Morgan fingerprint density at radius 3 is 2.40 bits per heavy atom. The van der Waals surface area contributed by atoms with E-state index in [4.69, 9.17) is 0 Å². The molecule has 1 fully saturated rings. The number of carbonyl (C=O) groups is 1. The molecule has 0 N–H and O–H groups in total. The largest absolute Gasteiger partial charge is 0.367 e. The maximum atomic E-state index is 12.8. The van der Waals surface area contributed by atoms with Crippen molar-refractivity contribution in [3.63, 3.8) is 0 Å². The van der Waals surface area contributed by atoms with E-state index >= 15 is 0 Å². The lowest BCUT2D eigenvalue weighted by molar-refractivity contribution is 0.0755. The van der Waals surface area contributed by atoms with E-state index in [9.17, 15) is 13.2 Å². The molecule has 0 saturated carbocycles. The molecule has 1 atom stereocenters. The molecule has 0 spiro atoms. The Hall–Kier alpha value is -1.63. The lowest BCUT2D eigenvalue weighted by Crippen LogP contribution is -2.37. The van der Waals surface area contributed by atoms with Crippen molar-refractivity contribution in [2.75, 3.05) is 36.0 Å². The number of carbonyl (C=O) groups excluding carboxylic acids is 1. The number of nitrogens with zero attached hydrogens (tertiary/aromatic N) is 3. The first-order chi connectivity index (χ1) is 11.9. The summed E-state index contributed by atoms with van der Waals surface area (Å²) in [6.45, 7) is 8.27. The fourth-order valence-electron chi connectivity index (χ4n) is 3.41. The van der Waals surface area contributed by atoms with Gasteiger partial charge >= 0.3 is 0 Å². The first-order valence-corrected chi connectivity index (χ1v) is 10.9. The molecule has 25 heavy (non-hydrogen) atoms. The Kier molecular flexibility index (Phi) is 6.81. The van der Waals surface area contributed by atoms with Crippen molar-refractivity contribution in [2.24, 2.45) is 0 Å². The van der Waals surface area contributed by atoms with Crippen molar-refractivity contribution < 1.29 is 13.2 Å². The topological polar surface area (TPSA) is 70.6 Å². The van der Waals surface area contributed by atoms with Crippen LogP contribution in [0.3, 0.4) is 0 Å². The first-order valence-electron chi connectivity index (χ1n) is 9.13. The van der Waals surface area contributed by atoms with Crippen LogP contribution in [0.4, 0.5) is 5.69 Å². The van der Waals surface area contributed by atoms with Crippen LogP contribution < -0.4 is 4.90 Å². The minimum atomic E-state index is -2.95. The Bertz CT molecular complexity index is 685. The van der Waals surface area contributed by atoms with Crippen LogP contribution in [0.25, 0.3) is 0 Å². The van der Waals surface area contributed by atoms with E-state index in [0.29, 0.717) is 18.5 Å². The molecule has 7 heteroatoms. The number of anilines is 1. The average Bonchev–Trinajstić information content (AvgIpc) is 2.94. The predicted molar refractivity (Wildman–Crippen MR) is 101 cm³/mol. The van der Waals surface area contributed by atoms with Crippen LogP contribution in [-0.4, -0.2) is 61.4 Å². The highest BCUT2D eigenvalue weighted by atomic mass is 32.2. The molecule has 1 aromatic rings. The van der Waals surface area contributed by atoms with Crippen LogP contribution in [0.5, 0.6) is 0 Å². The average molecular weight is 368 g/mol. The van der Waals surface area contributed by atoms with Crippen LogP contribution in [-0.2, 0) is 9.84 Å². The van der Waals surface area contributed by atoms with Crippen LogP contribution in [0.15, 0.2) is 18.5 Å². The minimum absolute atomic E-state index is 0.00635. The predicted octanol–water partition coefficient (Wildman–Crippen LogP) is 2.36. The Labute approximate surface area is 151 Å². The fourth-order valence-corrected chi connectivity index (χ4v) is 5.14. The molecular formula is C18H29N3O3S. The summed E-state index contributed by atoms with van der Waals surface area (Å²) in [5.74, 6) is 0.408. The molecule has 1 amide bonds. The van der Waals surface area contributed by atoms with Gasteiger partial charge in [-0.15, -0.1) is 0 Å². The normalized spacial score (nSPS) is 18.9. The molecule has 2 heterocycles. The molecule has 1 unspecified atom stereocenters. The molecule has 0 bridgehead atoms. The van der Waals surface area contributed by atoms with E-state index in [1.807, 2.05) is 17.9 Å². The Morgan fingerprint density at radius 1 is 1.20 bits per heavy atom. The molecule has 140 valence electrons. The number of rotatable bonds is 8. The van der Waals surface area contributed by atoms with E-state index in [1.54, 1.807) is 12.4 Å². The Balaban J connectivity index is 2.23. The summed E-state index contributed by atoms with van der Waals surface area (Å²) in [6, 6.07) is 1.81. The second-order valence-corrected chi connectivity index (χ2v) is 8.80. The molecule has 0 aliphatic carbocycles. The van der Waals surface area contributed by atoms with Gasteiger partial charge in [-0.2, -0.15) is 0 Å². The van der Waals surface area contributed by atoms with Crippen molar-refractivity contribution >= 4 is 21.4 Å². The summed E-state index contributed by atoms with van der Waals surface area (Å²) in [7, 11) is -2.95. The van der Waals surface area contributed by atoms with E-state index < -0.39 is 9.84 Å². The highest BCUT2D eigenvalue weighted by Gasteiger charge is 2.32. The SMILES string of the molecule is CCCN(CCC)C(=O)c1cncc(N(CC)C2CCS(=O)(=O)C2)c1. The van der Waals surface area contributed by atoms with Crippen molar-refractivity contribution in [2.45, 2.75) is 46.1 Å². The zero-order chi connectivity index (χ0) is 18.4. The van der Waals surface area contributed by atoms with Gasteiger partial charge in [0, 0.05) is 31.9 Å². The molecule has 0 radical (unpaired) electrons. The van der Waals surface area contributed by atoms with Crippen molar-refractivity contribution in [1.29, 1.82) is 0 Å². The summed E-state index contributed by atoms with van der Waals surface area (Å²) in [6.07, 6.45) is 5.78. The molecule has 6 nitrogen and oxygen atoms in total.